The molecule has 0 bridgehead atoms. The number of aromatic nitrogens is 1. The van der Waals surface area contributed by atoms with E-state index in [9.17, 15) is 0 Å². The van der Waals surface area contributed by atoms with E-state index >= 15 is 0 Å². The molecular formula is C14H14N2. The van der Waals surface area contributed by atoms with Gasteiger partial charge >= 0.3 is 0 Å². The number of benzene rings is 1. The van der Waals surface area contributed by atoms with Gasteiger partial charge in [-0.25, -0.2) is 0 Å². The topological polar surface area (TPSA) is 28.7 Å². The molecule has 80 valence electrons. The van der Waals surface area contributed by atoms with Gasteiger partial charge in [0.15, 0.2) is 0 Å². The van der Waals surface area contributed by atoms with Gasteiger partial charge in [-0.3, -0.25) is 0 Å². The molecule has 2 nitrogen and oxygen atoms in total. The van der Waals surface area contributed by atoms with Crippen LogP contribution in [0.25, 0.3) is 5.69 Å². The molecule has 0 radical (unpaired) electrons. The number of rotatable bonds is 4. The van der Waals surface area contributed by atoms with Crippen molar-refractivity contribution in [1.82, 2.24) is 4.57 Å². The lowest BCUT2D eigenvalue weighted by atomic mass is 10.1. The maximum absolute atomic E-state index is 8.46. The van der Waals surface area contributed by atoms with E-state index in [-0.39, 0.29) is 0 Å². The zero-order chi connectivity index (χ0) is 11.2. The van der Waals surface area contributed by atoms with Crippen molar-refractivity contribution in [2.75, 3.05) is 0 Å². The highest BCUT2D eigenvalue weighted by atomic mass is 14.9. The van der Waals surface area contributed by atoms with Crippen LogP contribution in [0, 0.1) is 11.3 Å². The maximum Gasteiger partial charge on any atom is 0.0621 e. The van der Waals surface area contributed by atoms with Crippen LogP contribution in [0.4, 0.5) is 0 Å². The molecular weight excluding hydrogens is 196 g/mol. The fourth-order valence-electron chi connectivity index (χ4n) is 1.71. The number of nitriles is 1. The van der Waals surface area contributed by atoms with E-state index in [0.29, 0.717) is 6.42 Å². The number of hydrogen-bond donors (Lipinski definition) is 0. The molecule has 0 aliphatic heterocycles. The summed E-state index contributed by atoms with van der Waals surface area (Å²) in [5, 5.41) is 8.46. The van der Waals surface area contributed by atoms with Crippen LogP contribution >= 0.6 is 0 Å². The molecule has 0 saturated carbocycles. The first-order chi connectivity index (χ1) is 7.90. The van der Waals surface area contributed by atoms with Gasteiger partial charge in [0.25, 0.3) is 0 Å². The largest absolute Gasteiger partial charge is 0.324 e. The maximum atomic E-state index is 8.46. The van der Waals surface area contributed by atoms with E-state index in [1.807, 2.05) is 24.5 Å². The van der Waals surface area contributed by atoms with E-state index in [1.54, 1.807) is 0 Å². The Morgan fingerprint density at radius 1 is 1.06 bits per heavy atom. The lowest BCUT2D eigenvalue weighted by Gasteiger charge is -2.04. The fraction of sp³-hybridized carbons (Fsp3) is 0.214. The molecule has 1 aromatic heterocycles. The number of hydrogen-bond acceptors (Lipinski definition) is 1. The summed E-state index contributed by atoms with van der Waals surface area (Å²) in [6.45, 7) is 0. The average Bonchev–Trinajstić information content (AvgIpc) is 2.84. The summed E-state index contributed by atoms with van der Waals surface area (Å²) < 4.78 is 2.08. The first-order valence-corrected chi connectivity index (χ1v) is 5.49. The van der Waals surface area contributed by atoms with Crippen molar-refractivity contribution in [3.63, 3.8) is 0 Å². The van der Waals surface area contributed by atoms with Crippen LogP contribution < -0.4 is 0 Å². The Morgan fingerprint density at radius 2 is 1.75 bits per heavy atom. The van der Waals surface area contributed by atoms with Crippen molar-refractivity contribution in [2.45, 2.75) is 19.3 Å². The molecule has 0 N–H and O–H groups in total. The van der Waals surface area contributed by atoms with Gasteiger partial charge in [0.1, 0.15) is 0 Å². The van der Waals surface area contributed by atoms with E-state index in [4.69, 9.17) is 5.26 Å². The van der Waals surface area contributed by atoms with Crippen LogP contribution in [-0.4, -0.2) is 4.57 Å². The SMILES string of the molecule is N#CCCCc1ccc(-n2cccc2)cc1. The summed E-state index contributed by atoms with van der Waals surface area (Å²) in [4.78, 5) is 0. The Balaban J connectivity index is 2.03. The third kappa shape index (κ3) is 2.52. The van der Waals surface area contributed by atoms with Crippen molar-refractivity contribution in [3.05, 3.63) is 54.4 Å². The summed E-state index contributed by atoms with van der Waals surface area (Å²) in [6, 6.07) is 14.7. The second kappa shape index (κ2) is 5.18. The van der Waals surface area contributed by atoms with Crippen molar-refractivity contribution in [1.29, 1.82) is 5.26 Å². The van der Waals surface area contributed by atoms with E-state index in [0.717, 1.165) is 12.8 Å². The Kier molecular flexibility index (Phi) is 3.40. The highest BCUT2D eigenvalue weighted by Gasteiger charge is 1.96. The third-order valence-corrected chi connectivity index (χ3v) is 2.59. The molecule has 0 spiro atoms. The molecule has 1 heterocycles. The van der Waals surface area contributed by atoms with Crippen LogP contribution in [0.15, 0.2) is 48.8 Å². The van der Waals surface area contributed by atoms with Gasteiger partial charge in [-0.1, -0.05) is 12.1 Å². The molecule has 1 aromatic carbocycles. The molecule has 0 amide bonds. The molecule has 0 aliphatic rings. The van der Waals surface area contributed by atoms with Crippen LogP contribution in [0.5, 0.6) is 0 Å². The standard InChI is InChI=1S/C14H14N2/c15-10-2-1-5-13-6-8-14(9-7-13)16-11-3-4-12-16/h3-4,6-9,11-12H,1-2,5H2. The Bertz CT molecular complexity index is 460. The molecule has 2 rings (SSSR count). The lowest BCUT2D eigenvalue weighted by molar-refractivity contribution is 0.850. The predicted octanol–water partition coefficient (Wildman–Crippen LogP) is 3.32. The Labute approximate surface area is 95.8 Å². The first-order valence-electron chi connectivity index (χ1n) is 5.49. The van der Waals surface area contributed by atoms with Crippen molar-refractivity contribution in [2.24, 2.45) is 0 Å². The van der Waals surface area contributed by atoms with Crippen molar-refractivity contribution in [3.8, 4) is 11.8 Å². The van der Waals surface area contributed by atoms with E-state index in [1.165, 1.54) is 11.3 Å². The minimum atomic E-state index is 0.638. The average molecular weight is 210 g/mol. The second-order valence-corrected chi connectivity index (χ2v) is 3.77. The second-order valence-electron chi connectivity index (χ2n) is 3.77. The minimum absolute atomic E-state index is 0.638. The van der Waals surface area contributed by atoms with Crippen LogP contribution in [0.3, 0.4) is 0 Å². The van der Waals surface area contributed by atoms with Crippen LogP contribution in [-0.2, 0) is 6.42 Å². The Morgan fingerprint density at radius 3 is 2.38 bits per heavy atom. The summed E-state index contributed by atoms with van der Waals surface area (Å²) >= 11 is 0. The van der Waals surface area contributed by atoms with Crippen LogP contribution in [0.2, 0.25) is 0 Å². The Hall–Kier alpha value is -2.01. The van der Waals surface area contributed by atoms with Gasteiger partial charge in [-0.05, 0) is 42.7 Å². The lowest BCUT2D eigenvalue weighted by Crippen LogP contribution is -1.90. The normalized spacial score (nSPS) is 9.94. The number of aryl methyl sites for hydroxylation is 1. The molecule has 0 aliphatic carbocycles. The monoisotopic (exact) mass is 210 g/mol. The quantitative estimate of drug-likeness (QED) is 0.711. The predicted molar refractivity (Wildman–Crippen MR) is 64.3 cm³/mol. The molecule has 2 heteroatoms. The van der Waals surface area contributed by atoms with Gasteiger partial charge in [-0.2, -0.15) is 5.26 Å². The highest BCUT2D eigenvalue weighted by molar-refractivity contribution is 5.35. The number of unbranched alkanes of at least 4 members (excludes halogenated alkanes) is 1. The fourth-order valence-corrected chi connectivity index (χ4v) is 1.71. The van der Waals surface area contributed by atoms with Gasteiger partial charge < -0.3 is 4.57 Å². The molecule has 0 atom stereocenters. The smallest absolute Gasteiger partial charge is 0.0621 e. The third-order valence-electron chi connectivity index (χ3n) is 2.59. The van der Waals surface area contributed by atoms with Gasteiger partial charge in [0, 0.05) is 24.5 Å². The summed E-state index contributed by atoms with van der Waals surface area (Å²) in [5.41, 5.74) is 2.47. The summed E-state index contributed by atoms with van der Waals surface area (Å²) in [5.74, 6) is 0. The number of nitrogens with zero attached hydrogens (tertiary/aromatic N) is 2. The van der Waals surface area contributed by atoms with Gasteiger partial charge in [0.2, 0.25) is 0 Å². The zero-order valence-electron chi connectivity index (χ0n) is 9.13. The van der Waals surface area contributed by atoms with Gasteiger partial charge in [0.05, 0.1) is 6.07 Å². The minimum Gasteiger partial charge on any atom is -0.324 e. The molecule has 0 fully saturated rings. The molecule has 0 saturated heterocycles. The summed E-state index contributed by atoms with van der Waals surface area (Å²) in [7, 11) is 0. The van der Waals surface area contributed by atoms with Gasteiger partial charge in [-0.15, -0.1) is 0 Å². The first kappa shape index (κ1) is 10.5. The zero-order valence-corrected chi connectivity index (χ0v) is 9.13. The molecule has 0 unspecified atom stereocenters. The summed E-state index contributed by atoms with van der Waals surface area (Å²) in [6.07, 6.45) is 6.63. The van der Waals surface area contributed by atoms with E-state index < -0.39 is 0 Å². The van der Waals surface area contributed by atoms with E-state index in [2.05, 4.69) is 34.9 Å². The molecule has 16 heavy (non-hydrogen) atoms. The molecule has 2 aromatic rings. The van der Waals surface area contributed by atoms with Crippen molar-refractivity contribution >= 4 is 0 Å². The highest BCUT2D eigenvalue weighted by Crippen LogP contribution is 2.11. The van der Waals surface area contributed by atoms with Crippen molar-refractivity contribution < 1.29 is 0 Å². The van der Waals surface area contributed by atoms with Crippen LogP contribution in [0.1, 0.15) is 18.4 Å².